The van der Waals surface area contributed by atoms with E-state index in [1.807, 2.05) is 37.3 Å². The van der Waals surface area contributed by atoms with E-state index in [0.29, 0.717) is 23.1 Å². The molecule has 1 aliphatic carbocycles. The summed E-state index contributed by atoms with van der Waals surface area (Å²) >= 11 is 1.45. The molecule has 1 saturated carbocycles. The molecule has 1 N–H and O–H groups in total. The second-order valence-electron chi connectivity index (χ2n) is 8.73. The molecule has 182 valence electrons. The summed E-state index contributed by atoms with van der Waals surface area (Å²) in [5.41, 5.74) is 2.78. The van der Waals surface area contributed by atoms with E-state index in [0.717, 1.165) is 27.8 Å². The largest absolute Gasteiger partial charge is 0.495 e. The molecule has 1 amide bonds. The first-order chi connectivity index (χ1) is 17.1. The van der Waals surface area contributed by atoms with Crippen molar-refractivity contribution in [2.45, 2.75) is 51.4 Å². The number of rotatable bonds is 8. The number of benzene rings is 2. The zero-order valence-corrected chi connectivity index (χ0v) is 20.8. The molecule has 2 aromatic carbocycles. The van der Waals surface area contributed by atoms with E-state index in [1.54, 1.807) is 11.6 Å². The first-order valence-corrected chi connectivity index (χ1v) is 12.9. The lowest BCUT2D eigenvalue weighted by molar-refractivity contribution is -0.118. The smallest absolute Gasteiger partial charge is 0.262 e. The van der Waals surface area contributed by atoms with Crippen LogP contribution in [0.5, 0.6) is 11.5 Å². The topological polar surface area (TPSA) is 90.6 Å². The lowest BCUT2D eigenvalue weighted by atomic mass is 9.84. The van der Waals surface area contributed by atoms with Crippen LogP contribution in [0.2, 0.25) is 0 Å². The summed E-state index contributed by atoms with van der Waals surface area (Å²) in [4.78, 5) is 13.4. The number of hydrogen-bond acceptors (Lipinski definition) is 7. The molecule has 1 aliphatic rings. The second-order valence-corrected chi connectivity index (χ2v) is 9.68. The third kappa shape index (κ3) is 5.14. The van der Waals surface area contributed by atoms with Crippen molar-refractivity contribution in [2.75, 3.05) is 19.0 Å². The van der Waals surface area contributed by atoms with Crippen molar-refractivity contribution < 1.29 is 14.3 Å². The standard InChI is InChI=1S/C26H29N5O3S/c1-3-23-28-29-26-31(23)30-25(35-26)19-11-14-22(33-2)21(15-19)27-24(32)16-34-20-12-9-18(10-13-20)17-7-5-4-6-8-17/h9-15,17H,3-8,16H2,1-2H3,(H,27,32). The highest BCUT2D eigenvalue weighted by Crippen LogP contribution is 2.34. The number of carbonyl (C=O) groups excluding carboxylic acids is 1. The van der Waals surface area contributed by atoms with Crippen LogP contribution in [0.1, 0.15) is 56.3 Å². The van der Waals surface area contributed by atoms with Gasteiger partial charge in [-0.3, -0.25) is 4.79 Å². The molecule has 0 atom stereocenters. The van der Waals surface area contributed by atoms with Gasteiger partial charge in [-0.25, -0.2) is 0 Å². The van der Waals surface area contributed by atoms with Gasteiger partial charge in [-0.05, 0) is 54.7 Å². The number of anilines is 1. The number of fused-ring (bicyclic) bond motifs is 1. The van der Waals surface area contributed by atoms with Gasteiger partial charge in [0, 0.05) is 12.0 Å². The van der Waals surface area contributed by atoms with Crippen molar-refractivity contribution in [3.8, 4) is 22.1 Å². The zero-order chi connectivity index (χ0) is 24.2. The number of carbonyl (C=O) groups is 1. The molecular formula is C26H29N5O3S. The summed E-state index contributed by atoms with van der Waals surface area (Å²) in [6.07, 6.45) is 7.22. The van der Waals surface area contributed by atoms with Crippen molar-refractivity contribution >= 4 is 27.9 Å². The van der Waals surface area contributed by atoms with E-state index in [1.165, 1.54) is 49.0 Å². The minimum Gasteiger partial charge on any atom is -0.495 e. The van der Waals surface area contributed by atoms with Crippen LogP contribution in [-0.2, 0) is 11.2 Å². The van der Waals surface area contributed by atoms with Crippen LogP contribution in [0.3, 0.4) is 0 Å². The molecule has 35 heavy (non-hydrogen) atoms. The van der Waals surface area contributed by atoms with Crippen LogP contribution in [0.25, 0.3) is 15.5 Å². The molecule has 0 radical (unpaired) electrons. The number of amides is 1. The summed E-state index contributed by atoms with van der Waals surface area (Å²) in [6.45, 7) is 1.93. The lowest BCUT2D eigenvalue weighted by Crippen LogP contribution is -2.20. The first kappa shape index (κ1) is 23.3. The Kier molecular flexibility index (Phi) is 6.94. The Bertz CT molecular complexity index is 1310. The van der Waals surface area contributed by atoms with Crippen molar-refractivity contribution in [2.24, 2.45) is 0 Å². The monoisotopic (exact) mass is 491 g/mol. The molecule has 1 fully saturated rings. The van der Waals surface area contributed by atoms with Gasteiger partial charge >= 0.3 is 0 Å². The van der Waals surface area contributed by atoms with E-state index in [9.17, 15) is 4.79 Å². The fourth-order valence-electron chi connectivity index (χ4n) is 4.54. The number of nitrogens with zero attached hydrogens (tertiary/aromatic N) is 4. The van der Waals surface area contributed by atoms with Gasteiger partial charge in [0.1, 0.15) is 16.5 Å². The van der Waals surface area contributed by atoms with E-state index in [-0.39, 0.29) is 12.5 Å². The van der Waals surface area contributed by atoms with Gasteiger partial charge in [-0.15, -0.1) is 10.2 Å². The van der Waals surface area contributed by atoms with Crippen LogP contribution in [0.4, 0.5) is 5.69 Å². The average molecular weight is 492 g/mol. The molecule has 5 rings (SSSR count). The van der Waals surface area contributed by atoms with Gasteiger partial charge < -0.3 is 14.8 Å². The maximum absolute atomic E-state index is 12.7. The SMILES string of the molecule is CCc1nnc2sc(-c3ccc(OC)c(NC(=O)COc4ccc(C5CCCCC5)cc4)c3)nn12. The van der Waals surface area contributed by atoms with Gasteiger partial charge in [0.15, 0.2) is 12.4 Å². The van der Waals surface area contributed by atoms with Crippen LogP contribution in [0.15, 0.2) is 42.5 Å². The Morgan fingerprint density at radius 3 is 2.66 bits per heavy atom. The van der Waals surface area contributed by atoms with Crippen LogP contribution >= 0.6 is 11.3 Å². The predicted molar refractivity (Wildman–Crippen MR) is 136 cm³/mol. The van der Waals surface area contributed by atoms with Crippen LogP contribution in [0, 0.1) is 0 Å². The fraction of sp³-hybridized carbons (Fsp3) is 0.385. The molecule has 0 saturated heterocycles. The summed E-state index contributed by atoms with van der Waals surface area (Å²) in [7, 11) is 1.58. The molecular weight excluding hydrogens is 462 g/mol. The fourth-order valence-corrected chi connectivity index (χ4v) is 5.40. The van der Waals surface area contributed by atoms with Gasteiger partial charge in [-0.2, -0.15) is 9.61 Å². The summed E-state index contributed by atoms with van der Waals surface area (Å²) in [6, 6.07) is 13.7. The highest BCUT2D eigenvalue weighted by molar-refractivity contribution is 7.19. The third-order valence-corrected chi connectivity index (χ3v) is 7.37. The van der Waals surface area contributed by atoms with Crippen LogP contribution in [-0.4, -0.2) is 39.4 Å². The number of nitrogens with one attached hydrogen (secondary N) is 1. The Morgan fingerprint density at radius 2 is 1.91 bits per heavy atom. The number of aryl methyl sites for hydroxylation is 1. The predicted octanol–water partition coefficient (Wildman–Crippen LogP) is 5.49. The van der Waals surface area contributed by atoms with E-state index >= 15 is 0 Å². The van der Waals surface area contributed by atoms with E-state index in [2.05, 4.69) is 32.7 Å². The molecule has 0 bridgehead atoms. The number of methoxy groups -OCH3 is 1. The first-order valence-electron chi connectivity index (χ1n) is 12.1. The highest BCUT2D eigenvalue weighted by Gasteiger charge is 2.17. The molecule has 8 nitrogen and oxygen atoms in total. The minimum atomic E-state index is -0.261. The van der Waals surface area contributed by atoms with Gasteiger partial charge in [0.2, 0.25) is 4.96 Å². The quantitative estimate of drug-likeness (QED) is 0.351. The third-order valence-electron chi connectivity index (χ3n) is 6.42. The van der Waals surface area contributed by atoms with Gasteiger partial charge in [0.05, 0.1) is 12.8 Å². The Morgan fingerprint density at radius 1 is 1.11 bits per heavy atom. The number of hydrogen-bond donors (Lipinski definition) is 1. The van der Waals surface area contributed by atoms with E-state index in [4.69, 9.17) is 9.47 Å². The van der Waals surface area contributed by atoms with Crippen molar-refractivity contribution in [1.29, 1.82) is 0 Å². The lowest BCUT2D eigenvalue weighted by Gasteiger charge is -2.22. The molecule has 0 aliphatic heterocycles. The van der Waals surface area contributed by atoms with E-state index < -0.39 is 0 Å². The maximum atomic E-state index is 12.7. The molecule has 9 heteroatoms. The zero-order valence-electron chi connectivity index (χ0n) is 20.0. The normalized spacial score (nSPS) is 14.2. The van der Waals surface area contributed by atoms with Gasteiger partial charge in [0.25, 0.3) is 5.91 Å². The Labute approximate surface area is 208 Å². The van der Waals surface area contributed by atoms with Gasteiger partial charge in [-0.1, -0.05) is 49.7 Å². The van der Waals surface area contributed by atoms with Crippen molar-refractivity contribution in [1.82, 2.24) is 19.8 Å². The van der Waals surface area contributed by atoms with Crippen molar-refractivity contribution in [3.05, 3.63) is 53.9 Å². The molecule has 4 aromatic rings. The molecule has 0 unspecified atom stereocenters. The van der Waals surface area contributed by atoms with Crippen molar-refractivity contribution in [3.63, 3.8) is 0 Å². The summed E-state index contributed by atoms with van der Waals surface area (Å²) in [5, 5.41) is 16.7. The highest BCUT2D eigenvalue weighted by atomic mass is 32.1. The summed E-state index contributed by atoms with van der Waals surface area (Å²) < 4.78 is 13.0. The number of aromatic nitrogens is 4. The summed E-state index contributed by atoms with van der Waals surface area (Å²) in [5.74, 6) is 2.45. The molecule has 2 heterocycles. The number of ether oxygens (including phenoxy) is 2. The van der Waals surface area contributed by atoms with Crippen LogP contribution < -0.4 is 14.8 Å². The average Bonchev–Trinajstić information content (AvgIpc) is 3.49. The molecule has 2 aromatic heterocycles. The Balaban J connectivity index is 1.24. The second kappa shape index (κ2) is 10.4. The minimum absolute atomic E-state index is 0.0905. The molecule has 0 spiro atoms. The maximum Gasteiger partial charge on any atom is 0.262 e. The Hall–Kier alpha value is -3.46.